The Morgan fingerprint density at radius 2 is 1.94 bits per heavy atom. The number of aromatic carboxylic acids is 1. The second kappa shape index (κ2) is 4.79. The van der Waals surface area contributed by atoms with Gasteiger partial charge in [-0.2, -0.15) is 0 Å². The lowest BCUT2D eigenvalue weighted by Gasteiger charge is -2.17. The molecular formula is C12H10FN3O2. The maximum Gasteiger partial charge on any atom is 0.356 e. The monoisotopic (exact) mass is 247 g/mol. The molecule has 0 atom stereocenters. The molecule has 1 heterocycles. The van der Waals surface area contributed by atoms with Gasteiger partial charge in [0.05, 0.1) is 12.4 Å². The highest BCUT2D eigenvalue weighted by atomic mass is 19.1. The normalized spacial score (nSPS) is 10.1. The van der Waals surface area contributed by atoms with Gasteiger partial charge >= 0.3 is 5.97 Å². The van der Waals surface area contributed by atoms with Crippen molar-refractivity contribution < 1.29 is 14.3 Å². The molecule has 1 aromatic carbocycles. The highest BCUT2D eigenvalue weighted by Gasteiger charge is 2.10. The van der Waals surface area contributed by atoms with Crippen LogP contribution in [0.4, 0.5) is 15.9 Å². The standard InChI is InChI=1S/C12H10FN3O2/c1-16(9-4-2-8(13)3-5-9)11-7-14-6-10(15-11)12(17)18/h2-7H,1H3,(H,17,18). The van der Waals surface area contributed by atoms with Gasteiger partial charge in [0.15, 0.2) is 11.5 Å². The molecule has 0 bridgehead atoms. The van der Waals surface area contributed by atoms with Crippen molar-refractivity contribution in [2.24, 2.45) is 0 Å². The number of aromatic nitrogens is 2. The number of carboxylic acids is 1. The van der Waals surface area contributed by atoms with E-state index < -0.39 is 5.97 Å². The van der Waals surface area contributed by atoms with E-state index >= 15 is 0 Å². The van der Waals surface area contributed by atoms with Gasteiger partial charge in [0.25, 0.3) is 0 Å². The van der Waals surface area contributed by atoms with Gasteiger partial charge in [-0.25, -0.2) is 14.2 Å². The predicted molar refractivity (Wildman–Crippen MR) is 63.5 cm³/mol. The zero-order chi connectivity index (χ0) is 13.1. The zero-order valence-corrected chi connectivity index (χ0v) is 9.54. The third-order valence-electron chi connectivity index (χ3n) is 2.40. The van der Waals surface area contributed by atoms with Crippen LogP contribution < -0.4 is 4.90 Å². The molecule has 0 aliphatic carbocycles. The lowest BCUT2D eigenvalue weighted by atomic mass is 10.3. The highest BCUT2D eigenvalue weighted by Crippen LogP contribution is 2.21. The summed E-state index contributed by atoms with van der Waals surface area (Å²) in [7, 11) is 1.70. The fourth-order valence-corrected chi connectivity index (χ4v) is 1.42. The van der Waals surface area contributed by atoms with Crippen molar-refractivity contribution in [2.45, 2.75) is 0 Å². The lowest BCUT2D eigenvalue weighted by molar-refractivity contribution is 0.0690. The summed E-state index contributed by atoms with van der Waals surface area (Å²) in [6.45, 7) is 0. The number of carboxylic acid groups (broad SMARTS) is 1. The Hall–Kier alpha value is -2.50. The molecule has 0 radical (unpaired) electrons. The number of hydrogen-bond donors (Lipinski definition) is 1. The molecule has 0 saturated heterocycles. The molecule has 18 heavy (non-hydrogen) atoms. The summed E-state index contributed by atoms with van der Waals surface area (Å²) in [5.41, 5.74) is 0.551. The first kappa shape index (κ1) is 12.0. The quantitative estimate of drug-likeness (QED) is 0.899. The topological polar surface area (TPSA) is 66.3 Å². The zero-order valence-electron chi connectivity index (χ0n) is 9.54. The van der Waals surface area contributed by atoms with Gasteiger partial charge < -0.3 is 10.0 Å². The van der Waals surface area contributed by atoms with Crippen molar-refractivity contribution in [3.63, 3.8) is 0 Å². The second-order valence-electron chi connectivity index (χ2n) is 3.60. The van der Waals surface area contributed by atoms with Crippen molar-refractivity contribution in [3.8, 4) is 0 Å². The maximum atomic E-state index is 12.8. The highest BCUT2D eigenvalue weighted by molar-refractivity contribution is 5.85. The first-order chi connectivity index (χ1) is 8.58. The van der Waals surface area contributed by atoms with Crippen LogP contribution in [0.25, 0.3) is 0 Å². The number of rotatable bonds is 3. The molecule has 0 saturated carbocycles. The molecule has 2 aromatic rings. The number of anilines is 2. The number of benzene rings is 1. The Balaban J connectivity index is 2.33. The van der Waals surface area contributed by atoms with Crippen molar-refractivity contribution in [1.82, 2.24) is 9.97 Å². The number of carbonyl (C=O) groups is 1. The van der Waals surface area contributed by atoms with Crippen LogP contribution in [0.1, 0.15) is 10.5 Å². The van der Waals surface area contributed by atoms with Crippen LogP contribution in [0.5, 0.6) is 0 Å². The number of hydrogen-bond acceptors (Lipinski definition) is 4. The van der Waals surface area contributed by atoms with Crippen molar-refractivity contribution in [1.29, 1.82) is 0 Å². The predicted octanol–water partition coefficient (Wildman–Crippen LogP) is 2.08. The van der Waals surface area contributed by atoms with E-state index in [1.165, 1.54) is 24.5 Å². The fraction of sp³-hybridized carbons (Fsp3) is 0.0833. The van der Waals surface area contributed by atoms with Crippen LogP contribution >= 0.6 is 0 Å². The van der Waals surface area contributed by atoms with E-state index in [4.69, 9.17) is 5.11 Å². The molecule has 0 amide bonds. The average Bonchev–Trinajstić information content (AvgIpc) is 2.39. The van der Waals surface area contributed by atoms with Gasteiger partial charge in [-0.3, -0.25) is 4.98 Å². The Bertz CT molecular complexity index is 572. The molecular weight excluding hydrogens is 237 g/mol. The average molecular weight is 247 g/mol. The first-order valence-electron chi connectivity index (χ1n) is 5.12. The molecule has 0 aliphatic rings. The van der Waals surface area contributed by atoms with E-state index in [1.807, 2.05) is 0 Å². The van der Waals surface area contributed by atoms with Crippen LogP contribution in [-0.2, 0) is 0 Å². The largest absolute Gasteiger partial charge is 0.476 e. The Morgan fingerprint density at radius 3 is 2.56 bits per heavy atom. The van der Waals surface area contributed by atoms with Crippen molar-refractivity contribution in [2.75, 3.05) is 11.9 Å². The summed E-state index contributed by atoms with van der Waals surface area (Å²) in [6.07, 6.45) is 2.61. The van der Waals surface area contributed by atoms with E-state index in [1.54, 1.807) is 24.1 Å². The molecule has 0 spiro atoms. The summed E-state index contributed by atoms with van der Waals surface area (Å²) in [6, 6.07) is 5.79. The SMILES string of the molecule is CN(c1ccc(F)cc1)c1cncc(C(=O)O)n1. The van der Waals surface area contributed by atoms with Crippen LogP contribution in [0, 0.1) is 5.82 Å². The Morgan fingerprint density at radius 1 is 1.28 bits per heavy atom. The van der Waals surface area contributed by atoms with Crippen molar-refractivity contribution in [3.05, 3.63) is 48.2 Å². The van der Waals surface area contributed by atoms with E-state index in [-0.39, 0.29) is 11.5 Å². The molecule has 6 heteroatoms. The smallest absolute Gasteiger partial charge is 0.356 e. The molecule has 92 valence electrons. The number of nitrogens with zero attached hydrogens (tertiary/aromatic N) is 3. The Labute approximate surface area is 103 Å². The second-order valence-corrected chi connectivity index (χ2v) is 3.60. The van der Waals surface area contributed by atoms with Crippen LogP contribution in [-0.4, -0.2) is 28.1 Å². The lowest BCUT2D eigenvalue weighted by Crippen LogP contribution is -2.13. The van der Waals surface area contributed by atoms with Gasteiger partial charge in [-0.15, -0.1) is 0 Å². The van der Waals surface area contributed by atoms with E-state index in [9.17, 15) is 9.18 Å². The molecule has 0 unspecified atom stereocenters. The van der Waals surface area contributed by atoms with Gasteiger partial charge in [0.1, 0.15) is 5.82 Å². The number of halogens is 1. The molecule has 2 rings (SSSR count). The minimum Gasteiger partial charge on any atom is -0.476 e. The Kier molecular flexibility index (Phi) is 3.18. The van der Waals surface area contributed by atoms with Gasteiger partial charge in [0.2, 0.25) is 0 Å². The molecule has 0 aliphatic heterocycles. The van der Waals surface area contributed by atoms with Gasteiger partial charge in [-0.05, 0) is 24.3 Å². The van der Waals surface area contributed by atoms with Crippen molar-refractivity contribution >= 4 is 17.5 Å². The molecule has 1 N–H and O–H groups in total. The maximum absolute atomic E-state index is 12.8. The summed E-state index contributed by atoms with van der Waals surface area (Å²) in [5.74, 6) is -1.10. The van der Waals surface area contributed by atoms with Crippen LogP contribution in [0.15, 0.2) is 36.7 Å². The minimum atomic E-state index is -1.14. The minimum absolute atomic E-state index is 0.138. The molecule has 5 nitrogen and oxygen atoms in total. The first-order valence-corrected chi connectivity index (χ1v) is 5.12. The van der Waals surface area contributed by atoms with Gasteiger partial charge in [0, 0.05) is 12.7 Å². The van der Waals surface area contributed by atoms with Crippen LogP contribution in [0.2, 0.25) is 0 Å². The third-order valence-corrected chi connectivity index (χ3v) is 2.40. The van der Waals surface area contributed by atoms with E-state index in [0.29, 0.717) is 11.5 Å². The van der Waals surface area contributed by atoms with Gasteiger partial charge in [-0.1, -0.05) is 0 Å². The summed E-state index contributed by atoms with van der Waals surface area (Å²) in [4.78, 5) is 20.2. The van der Waals surface area contributed by atoms with E-state index in [0.717, 1.165) is 0 Å². The molecule has 0 fully saturated rings. The molecule has 1 aromatic heterocycles. The van der Waals surface area contributed by atoms with E-state index in [2.05, 4.69) is 9.97 Å². The summed E-state index contributed by atoms with van der Waals surface area (Å²) >= 11 is 0. The summed E-state index contributed by atoms with van der Waals surface area (Å²) in [5, 5.41) is 8.83. The summed E-state index contributed by atoms with van der Waals surface area (Å²) < 4.78 is 12.8. The fourth-order valence-electron chi connectivity index (χ4n) is 1.42. The third kappa shape index (κ3) is 2.42. The van der Waals surface area contributed by atoms with Crippen LogP contribution in [0.3, 0.4) is 0 Å².